The predicted molar refractivity (Wildman–Crippen MR) is 155 cm³/mol. The number of ether oxygens (including phenoxy) is 1. The van der Waals surface area contributed by atoms with Crippen molar-refractivity contribution in [2.45, 2.75) is 38.8 Å². The van der Waals surface area contributed by atoms with Crippen molar-refractivity contribution in [3.05, 3.63) is 66.5 Å². The van der Waals surface area contributed by atoms with Crippen LogP contribution in [0.2, 0.25) is 0 Å². The van der Waals surface area contributed by atoms with E-state index in [0.29, 0.717) is 18.8 Å². The van der Waals surface area contributed by atoms with Gasteiger partial charge in [-0.15, -0.1) is 0 Å². The first-order chi connectivity index (χ1) is 19.3. The third kappa shape index (κ3) is 7.40. The smallest absolute Gasteiger partial charge is 0.266 e. The number of aromatic amines is 1. The van der Waals surface area contributed by atoms with E-state index in [1.165, 1.54) is 0 Å². The Kier molecular flexibility index (Phi) is 9.94. The second-order valence-electron chi connectivity index (χ2n) is 11.4. The van der Waals surface area contributed by atoms with Crippen LogP contribution in [0.1, 0.15) is 32.3 Å². The van der Waals surface area contributed by atoms with Gasteiger partial charge in [-0.1, -0.05) is 30.3 Å². The van der Waals surface area contributed by atoms with E-state index in [1.54, 1.807) is 6.20 Å². The monoisotopic (exact) mass is 580 g/mol. The van der Waals surface area contributed by atoms with Crippen molar-refractivity contribution in [2.24, 2.45) is 5.92 Å². The number of nitrogens with two attached hydrogens (primary N) is 1. The van der Waals surface area contributed by atoms with E-state index in [2.05, 4.69) is 50.7 Å². The first-order valence-corrected chi connectivity index (χ1v) is 14.3. The van der Waals surface area contributed by atoms with Gasteiger partial charge in [0.05, 0.1) is 38.3 Å². The van der Waals surface area contributed by atoms with Crippen LogP contribution < -0.4 is 27.4 Å². The SMILES string of the molecule is CN(Cc1ccc(-c2cn[nH]c2)cc1)C(=O)[C@@H]1CCCN(c2cccc(OC(C)(C)C(=O)N3CC[NH2+]CC3)c2)C1.[Cl-]. The lowest BCUT2D eigenvalue weighted by Gasteiger charge is -2.36. The second-order valence-corrected chi connectivity index (χ2v) is 11.4. The minimum atomic E-state index is -0.949. The van der Waals surface area contributed by atoms with Crippen LogP contribution in [0, 0.1) is 5.92 Å². The van der Waals surface area contributed by atoms with Gasteiger partial charge in [-0.3, -0.25) is 14.7 Å². The molecule has 220 valence electrons. The third-order valence-corrected chi connectivity index (χ3v) is 7.92. The zero-order chi connectivity index (χ0) is 28.1. The second kappa shape index (κ2) is 13.4. The number of anilines is 1. The summed E-state index contributed by atoms with van der Waals surface area (Å²) < 4.78 is 6.25. The average molecular weight is 581 g/mol. The van der Waals surface area contributed by atoms with Gasteiger partial charge in [-0.25, -0.2) is 0 Å². The molecule has 1 atom stereocenters. The predicted octanol–water partition coefficient (Wildman–Crippen LogP) is -0.481. The molecule has 2 aromatic carbocycles. The number of aromatic nitrogens is 2. The summed E-state index contributed by atoms with van der Waals surface area (Å²) in [6, 6.07) is 16.2. The number of nitrogens with one attached hydrogen (secondary N) is 1. The summed E-state index contributed by atoms with van der Waals surface area (Å²) in [5, 5.41) is 9.09. The molecule has 5 rings (SSSR count). The van der Waals surface area contributed by atoms with Gasteiger partial charge in [-0.05, 0) is 49.9 Å². The van der Waals surface area contributed by atoms with E-state index in [1.807, 2.05) is 55.1 Å². The number of H-pyrrole nitrogens is 1. The summed E-state index contributed by atoms with van der Waals surface area (Å²) >= 11 is 0. The first-order valence-electron chi connectivity index (χ1n) is 14.3. The van der Waals surface area contributed by atoms with Crippen LogP contribution >= 0.6 is 0 Å². The van der Waals surface area contributed by atoms with Crippen LogP contribution in [0.5, 0.6) is 5.75 Å². The van der Waals surface area contributed by atoms with Gasteiger partial charge in [0.2, 0.25) is 5.91 Å². The summed E-state index contributed by atoms with van der Waals surface area (Å²) in [7, 11) is 1.89. The number of halogens is 1. The van der Waals surface area contributed by atoms with E-state index >= 15 is 0 Å². The number of amides is 2. The van der Waals surface area contributed by atoms with Gasteiger partial charge in [0.15, 0.2) is 5.60 Å². The van der Waals surface area contributed by atoms with Gasteiger partial charge in [0, 0.05) is 50.2 Å². The number of carbonyl (C=O) groups excluding carboxylic acids is 2. The molecule has 2 fully saturated rings. The number of carbonyl (C=O) groups is 2. The zero-order valence-corrected chi connectivity index (χ0v) is 24.9. The molecule has 0 radical (unpaired) electrons. The van der Waals surface area contributed by atoms with Gasteiger partial charge in [0.1, 0.15) is 5.75 Å². The Morgan fingerprint density at radius 3 is 2.56 bits per heavy atom. The highest BCUT2D eigenvalue weighted by molar-refractivity contribution is 5.85. The van der Waals surface area contributed by atoms with Crippen LogP contribution in [0.4, 0.5) is 5.69 Å². The van der Waals surface area contributed by atoms with Gasteiger partial charge >= 0.3 is 0 Å². The number of nitrogens with zero attached hydrogens (tertiary/aromatic N) is 4. The molecule has 2 saturated heterocycles. The quantitative estimate of drug-likeness (QED) is 0.375. The summed E-state index contributed by atoms with van der Waals surface area (Å²) in [6.07, 6.45) is 5.50. The number of rotatable bonds is 8. The van der Waals surface area contributed by atoms with E-state index in [4.69, 9.17) is 4.74 Å². The standard InChI is InChI=1S/C31H40N6O3.ClH/c1-31(2,30(39)36-16-13-32-14-17-36)40-28-8-4-7-27(18-28)37-15-5-6-25(22-37)29(38)35(3)21-23-9-11-24(12-10-23)26-19-33-34-20-26;/h4,7-12,18-20,25,32H,5-6,13-17,21-22H2,1-3H3,(H,33,34);1H/t25-;/m1./s1. The van der Waals surface area contributed by atoms with Crippen LogP contribution in [-0.4, -0.2) is 83.7 Å². The van der Waals surface area contributed by atoms with E-state index in [9.17, 15) is 9.59 Å². The lowest BCUT2D eigenvalue weighted by Crippen LogP contribution is -3.00. The normalized spacial score (nSPS) is 17.5. The maximum absolute atomic E-state index is 13.4. The molecule has 3 heterocycles. The van der Waals surface area contributed by atoms with Crippen LogP contribution in [-0.2, 0) is 16.1 Å². The summed E-state index contributed by atoms with van der Waals surface area (Å²) in [5.74, 6) is 0.793. The molecule has 9 nitrogen and oxygen atoms in total. The highest BCUT2D eigenvalue weighted by Gasteiger charge is 2.36. The highest BCUT2D eigenvalue weighted by atomic mass is 35.5. The number of quaternary nitrogens is 1. The molecule has 3 aromatic rings. The Morgan fingerprint density at radius 1 is 1.10 bits per heavy atom. The lowest BCUT2D eigenvalue weighted by atomic mass is 9.95. The lowest BCUT2D eigenvalue weighted by molar-refractivity contribution is -0.662. The molecule has 0 aliphatic carbocycles. The maximum Gasteiger partial charge on any atom is 0.266 e. The molecule has 0 bridgehead atoms. The molecule has 0 saturated carbocycles. The summed E-state index contributed by atoms with van der Waals surface area (Å²) in [6.45, 7) is 9.17. The fourth-order valence-electron chi connectivity index (χ4n) is 5.70. The molecule has 1 aromatic heterocycles. The van der Waals surface area contributed by atoms with Gasteiger partial charge in [-0.2, -0.15) is 5.10 Å². The minimum absolute atomic E-state index is 0. The van der Waals surface area contributed by atoms with Crippen molar-refractivity contribution in [3.63, 3.8) is 0 Å². The fraction of sp³-hybridized carbons (Fsp3) is 0.452. The molecule has 2 amide bonds. The molecular weight excluding hydrogens is 540 g/mol. The Morgan fingerprint density at radius 2 is 1.85 bits per heavy atom. The Hall–Kier alpha value is -3.56. The molecule has 10 heteroatoms. The van der Waals surface area contributed by atoms with Crippen LogP contribution in [0.3, 0.4) is 0 Å². The Labute approximate surface area is 248 Å². The molecule has 3 N–H and O–H groups in total. The number of piperidine rings is 1. The maximum atomic E-state index is 13.4. The van der Waals surface area contributed by atoms with Gasteiger partial charge < -0.3 is 37.2 Å². The molecule has 0 spiro atoms. The van der Waals surface area contributed by atoms with Crippen LogP contribution in [0.25, 0.3) is 11.1 Å². The van der Waals surface area contributed by atoms with Crippen molar-refractivity contribution in [1.29, 1.82) is 0 Å². The number of hydrogen-bond donors (Lipinski definition) is 2. The van der Waals surface area contributed by atoms with Crippen molar-refractivity contribution >= 4 is 17.5 Å². The highest BCUT2D eigenvalue weighted by Crippen LogP contribution is 2.29. The van der Waals surface area contributed by atoms with Crippen LogP contribution in [0.15, 0.2) is 60.9 Å². The number of piperazine rings is 1. The fourth-order valence-corrected chi connectivity index (χ4v) is 5.70. The van der Waals surface area contributed by atoms with Gasteiger partial charge in [0.25, 0.3) is 5.91 Å². The topological polar surface area (TPSA) is 98.4 Å². The third-order valence-electron chi connectivity index (χ3n) is 7.92. The van der Waals surface area contributed by atoms with Crippen molar-refractivity contribution < 1.29 is 32.0 Å². The largest absolute Gasteiger partial charge is 1.00 e. The minimum Gasteiger partial charge on any atom is -1.00 e. The molecule has 2 aliphatic rings. The molecular formula is C31H41ClN6O3. The Bertz CT molecular complexity index is 1290. The van der Waals surface area contributed by atoms with Crippen molar-refractivity contribution in [3.8, 4) is 16.9 Å². The molecule has 41 heavy (non-hydrogen) atoms. The van der Waals surface area contributed by atoms with E-state index < -0.39 is 5.60 Å². The van der Waals surface area contributed by atoms with Crippen molar-refractivity contribution in [2.75, 3.05) is 51.2 Å². The average Bonchev–Trinajstić information content (AvgIpc) is 3.52. The zero-order valence-electron chi connectivity index (χ0n) is 24.2. The van der Waals surface area contributed by atoms with Crippen molar-refractivity contribution in [1.82, 2.24) is 20.0 Å². The Balaban J connectivity index is 0.00000387. The molecule has 2 aliphatic heterocycles. The van der Waals surface area contributed by atoms with E-state index in [0.717, 1.165) is 67.9 Å². The number of benzene rings is 2. The summed E-state index contributed by atoms with van der Waals surface area (Å²) in [5.41, 5.74) is 3.31. The summed E-state index contributed by atoms with van der Waals surface area (Å²) in [4.78, 5) is 32.6. The number of hydrogen-bond acceptors (Lipinski definition) is 5. The van der Waals surface area contributed by atoms with E-state index in [-0.39, 0.29) is 30.1 Å². The first kappa shape index (κ1) is 30.4. The molecule has 0 unspecified atom stereocenters.